The second-order valence-corrected chi connectivity index (χ2v) is 5.39. The third-order valence-corrected chi connectivity index (χ3v) is 3.97. The van der Waals surface area contributed by atoms with Gasteiger partial charge in [0, 0.05) is 37.1 Å². The van der Waals surface area contributed by atoms with Crippen molar-refractivity contribution in [2.75, 3.05) is 35.7 Å². The van der Waals surface area contributed by atoms with Gasteiger partial charge < -0.3 is 15.5 Å². The Balaban J connectivity index is 2.08. The lowest BCUT2D eigenvalue weighted by molar-refractivity contribution is 0.101. The molecule has 2 N–H and O–H groups in total. The quantitative estimate of drug-likeness (QED) is 0.679. The molecule has 4 nitrogen and oxygen atoms in total. The largest absolute Gasteiger partial charge is 0.398 e. The van der Waals surface area contributed by atoms with Crippen LogP contribution in [0.25, 0.3) is 0 Å². The van der Waals surface area contributed by atoms with E-state index in [9.17, 15) is 4.79 Å². The Morgan fingerprint density at radius 2 is 1.81 bits per heavy atom. The average Bonchev–Trinajstić information content (AvgIpc) is 2.48. The van der Waals surface area contributed by atoms with E-state index < -0.39 is 0 Å². The van der Waals surface area contributed by atoms with Gasteiger partial charge in [-0.15, -0.1) is 0 Å². The van der Waals surface area contributed by atoms with Crippen LogP contribution in [0.1, 0.15) is 17.3 Å². The van der Waals surface area contributed by atoms with Crippen LogP contribution in [0.2, 0.25) is 0 Å². The van der Waals surface area contributed by atoms with Crippen molar-refractivity contribution in [3.8, 4) is 0 Å². The van der Waals surface area contributed by atoms with Crippen LogP contribution in [0.3, 0.4) is 0 Å². The molecule has 0 radical (unpaired) electrons. The van der Waals surface area contributed by atoms with E-state index >= 15 is 0 Å². The molecule has 0 aliphatic carbocycles. The van der Waals surface area contributed by atoms with Crippen molar-refractivity contribution in [1.82, 2.24) is 0 Å². The van der Waals surface area contributed by atoms with Gasteiger partial charge in [-0.25, -0.2) is 0 Å². The van der Waals surface area contributed by atoms with Gasteiger partial charge in [-0.3, -0.25) is 4.79 Å². The first-order chi connectivity index (χ1) is 10.1. The SMILES string of the molecule is CC(=O)c1cc(N2CCN(C)c3ccccc32)ccc1N. The third kappa shape index (κ3) is 2.33. The lowest BCUT2D eigenvalue weighted by Crippen LogP contribution is -2.36. The zero-order chi connectivity index (χ0) is 15.0. The molecule has 108 valence electrons. The maximum Gasteiger partial charge on any atom is 0.161 e. The van der Waals surface area contributed by atoms with Gasteiger partial charge >= 0.3 is 0 Å². The standard InChI is InChI=1S/C17H19N3O/c1-12(21)14-11-13(7-8-15(14)18)20-10-9-19(2)16-5-3-4-6-17(16)20/h3-8,11H,9-10,18H2,1-2H3. The summed E-state index contributed by atoms with van der Waals surface area (Å²) in [6.07, 6.45) is 0. The number of nitrogens with zero attached hydrogens (tertiary/aromatic N) is 2. The van der Waals surface area contributed by atoms with Crippen molar-refractivity contribution in [1.29, 1.82) is 0 Å². The summed E-state index contributed by atoms with van der Waals surface area (Å²) in [5, 5.41) is 0. The van der Waals surface area contributed by atoms with Crippen LogP contribution in [0.5, 0.6) is 0 Å². The Hall–Kier alpha value is -2.49. The van der Waals surface area contributed by atoms with E-state index in [-0.39, 0.29) is 5.78 Å². The molecular formula is C17H19N3O. The van der Waals surface area contributed by atoms with Crippen molar-refractivity contribution in [3.63, 3.8) is 0 Å². The first-order valence-electron chi connectivity index (χ1n) is 7.06. The molecule has 0 atom stereocenters. The second-order valence-electron chi connectivity index (χ2n) is 5.39. The molecule has 0 spiro atoms. The normalized spacial score (nSPS) is 14.0. The van der Waals surface area contributed by atoms with E-state index in [1.165, 1.54) is 5.69 Å². The molecule has 1 aliphatic heterocycles. The number of hydrogen-bond donors (Lipinski definition) is 1. The number of para-hydroxylation sites is 2. The van der Waals surface area contributed by atoms with Crippen molar-refractivity contribution in [3.05, 3.63) is 48.0 Å². The fourth-order valence-corrected chi connectivity index (χ4v) is 2.79. The number of carbonyl (C=O) groups excluding carboxylic acids is 1. The zero-order valence-corrected chi connectivity index (χ0v) is 12.3. The Morgan fingerprint density at radius 3 is 2.52 bits per heavy atom. The highest BCUT2D eigenvalue weighted by atomic mass is 16.1. The first-order valence-corrected chi connectivity index (χ1v) is 7.06. The number of carbonyl (C=O) groups is 1. The minimum absolute atomic E-state index is 0.00300. The molecule has 3 rings (SSSR count). The summed E-state index contributed by atoms with van der Waals surface area (Å²) in [5.41, 5.74) is 10.4. The van der Waals surface area contributed by atoms with Crippen molar-refractivity contribution < 1.29 is 4.79 Å². The van der Waals surface area contributed by atoms with Crippen LogP contribution in [0.4, 0.5) is 22.7 Å². The van der Waals surface area contributed by atoms with Crippen LogP contribution in [-0.4, -0.2) is 25.9 Å². The predicted molar refractivity (Wildman–Crippen MR) is 87.6 cm³/mol. The first kappa shape index (κ1) is 13.5. The molecule has 0 saturated heterocycles. The lowest BCUT2D eigenvalue weighted by Gasteiger charge is -2.37. The number of rotatable bonds is 2. The smallest absolute Gasteiger partial charge is 0.161 e. The highest BCUT2D eigenvalue weighted by Gasteiger charge is 2.21. The van der Waals surface area contributed by atoms with Crippen molar-refractivity contribution in [2.24, 2.45) is 0 Å². The molecule has 1 aliphatic rings. The summed E-state index contributed by atoms with van der Waals surface area (Å²) in [6, 6.07) is 14.0. The molecule has 0 amide bonds. The number of hydrogen-bond acceptors (Lipinski definition) is 4. The zero-order valence-electron chi connectivity index (χ0n) is 12.3. The number of ketones is 1. The fraction of sp³-hybridized carbons (Fsp3) is 0.235. The van der Waals surface area contributed by atoms with Crippen molar-refractivity contribution >= 4 is 28.5 Å². The van der Waals surface area contributed by atoms with E-state index in [0.29, 0.717) is 11.3 Å². The molecule has 0 saturated carbocycles. The Morgan fingerprint density at radius 1 is 1.10 bits per heavy atom. The van der Waals surface area contributed by atoms with E-state index in [1.807, 2.05) is 30.3 Å². The predicted octanol–water partition coefficient (Wildman–Crippen LogP) is 3.06. The number of likely N-dealkylation sites (N-methyl/N-ethyl adjacent to an activating group) is 1. The number of nitrogens with two attached hydrogens (primary N) is 1. The molecular weight excluding hydrogens is 262 g/mol. The molecule has 0 bridgehead atoms. The van der Waals surface area contributed by atoms with Crippen LogP contribution < -0.4 is 15.5 Å². The van der Waals surface area contributed by atoms with Crippen LogP contribution in [0, 0.1) is 0 Å². The Labute approximate surface area is 124 Å². The maximum atomic E-state index is 11.7. The van der Waals surface area contributed by atoms with E-state index in [2.05, 4.69) is 29.0 Å². The molecule has 2 aromatic rings. The second kappa shape index (κ2) is 5.13. The summed E-state index contributed by atoms with van der Waals surface area (Å²) in [7, 11) is 2.10. The summed E-state index contributed by atoms with van der Waals surface area (Å²) >= 11 is 0. The van der Waals surface area contributed by atoms with E-state index in [1.54, 1.807) is 6.92 Å². The molecule has 4 heteroatoms. The molecule has 0 unspecified atom stereocenters. The van der Waals surface area contributed by atoms with Gasteiger partial charge in [-0.2, -0.15) is 0 Å². The Kier molecular flexibility index (Phi) is 3.29. The summed E-state index contributed by atoms with van der Waals surface area (Å²) in [4.78, 5) is 16.2. The highest BCUT2D eigenvalue weighted by Crippen LogP contribution is 2.37. The van der Waals surface area contributed by atoms with Crippen LogP contribution in [-0.2, 0) is 0 Å². The van der Waals surface area contributed by atoms with Gasteiger partial charge in [-0.05, 0) is 37.3 Å². The fourth-order valence-electron chi connectivity index (χ4n) is 2.79. The third-order valence-electron chi connectivity index (χ3n) is 3.97. The van der Waals surface area contributed by atoms with E-state index in [0.717, 1.165) is 24.5 Å². The van der Waals surface area contributed by atoms with Crippen LogP contribution in [0.15, 0.2) is 42.5 Å². The molecule has 0 fully saturated rings. The Bertz CT molecular complexity index is 696. The summed E-state index contributed by atoms with van der Waals surface area (Å²) in [5.74, 6) is -0.00300. The van der Waals surface area contributed by atoms with Gasteiger partial charge in [0.15, 0.2) is 5.78 Å². The van der Waals surface area contributed by atoms with Gasteiger partial charge in [-0.1, -0.05) is 12.1 Å². The maximum absolute atomic E-state index is 11.7. The highest BCUT2D eigenvalue weighted by molar-refractivity contribution is 6.00. The van der Waals surface area contributed by atoms with Crippen LogP contribution >= 0.6 is 0 Å². The number of benzene rings is 2. The van der Waals surface area contributed by atoms with E-state index in [4.69, 9.17) is 5.73 Å². The number of anilines is 4. The van der Waals surface area contributed by atoms with Gasteiger partial charge in [0.25, 0.3) is 0 Å². The van der Waals surface area contributed by atoms with Gasteiger partial charge in [0.05, 0.1) is 11.4 Å². The molecule has 1 heterocycles. The minimum atomic E-state index is -0.00300. The number of fused-ring (bicyclic) bond motifs is 1. The summed E-state index contributed by atoms with van der Waals surface area (Å²) < 4.78 is 0. The molecule has 21 heavy (non-hydrogen) atoms. The minimum Gasteiger partial charge on any atom is -0.398 e. The number of Topliss-reactive ketones (excluding diaryl/α,β-unsaturated/α-hetero) is 1. The monoisotopic (exact) mass is 281 g/mol. The number of nitrogen functional groups attached to an aromatic ring is 1. The summed E-state index contributed by atoms with van der Waals surface area (Å²) in [6.45, 7) is 3.37. The van der Waals surface area contributed by atoms with Crippen molar-refractivity contribution in [2.45, 2.75) is 6.92 Å². The van der Waals surface area contributed by atoms with Gasteiger partial charge in [0.1, 0.15) is 0 Å². The topological polar surface area (TPSA) is 49.6 Å². The molecule has 2 aromatic carbocycles. The molecule has 0 aromatic heterocycles. The van der Waals surface area contributed by atoms with Gasteiger partial charge in [0.2, 0.25) is 0 Å². The average molecular weight is 281 g/mol. The lowest BCUT2D eigenvalue weighted by atomic mass is 10.1.